The lowest BCUT2D eigenvalue weighted by Gasteiger charge is -2.24. The highest BCUT2D eigenvalue weighted by Crippen LogP contribution is 2.31. The molecule has 0 aliphatic rings. The van der Waals surface area contributed by atoms with Crippen LogP contribution >= 0.6 is 11.3 Å². The number of anilines is 2. The van der Waals surface area contributed by atoms with Crippen molar-refractivity contribution in [3.8, 4) is 0 Å². The Morgan fingerprint density at radius 2 is 2.15 bits per heavy atom. The summed E-state index contributed by atoms with van der Waals surface area (Å²) >= 11 is 1.23. The van der Waals surface area contributed by atoms with Crippen molar-refractivity contribution in [3.63, 3.8) is 0 Å². The average Bonchev–Trinajstić information content (AvgIpc) is 2.83. The van der Waals surface area contributed by atoms with E-state index in [1.807, 2.05) is 0 Å². The predicted molar refractivity (Wildman–Crippen MR) is 70.6 cm³/mol. The molecule has 0 radical (unpaired) electrons. The molecule has 0 aromatic carbocycles. The Bertz CT molecular complexity index is 588. The molecule has 4 N–H and O–H groups in total. The number of halogens is 3. The van der Waals surface area contributed by atoms with E-state index < -0.39 is 19.3 Å². The molecule has 0 aliphatic carbocycles. The highest BCUT2D eigenvalue weighted by atomic mass is 32.1. The minimum absolute atomic E-state index is 0.0241. The number of thiophene rings is 1. The third-order valence-electron chi connectivity index (χ3n) is 2.45. The van der Waals surface area contributed by atoms with Crippen LogP contribution in [-0.2, 0) is 0 Å². The molecule has 0 saturated carbocycles. The van der Waals surface area contributed by atoms with E-state index >= 15 is 0 Å². The van der Waals surface area contributed by atoms with Gasteiger partial charge in [-0.05, 0) is 11.4 Å². The second kappa shape index (κ2) is 5.77. The van der Waals surface area contributed by atoms with Crippen LogP contribution in [0.2, 0.25) is 0 Å². The van der Waals surface area contributed by atoms with Crippen molar-refractivity contribution in [3.05, 3.63) is 11.4 Å². The predicted octanol–water partition coefficient (Wildman–Crippen LogP) is 1.34. The Morgan fingerprint density at radius 1 is 1.40 bits per heavy atom. The second-order valence-electron chi connectivity index (χ2n) is 3.91. The topological polar surface area (TPSA) is 87.3 Å². The van der Waals surface area contributed by atoms with E-state index in [0.717, 1.165) is 4.90 Å². The number of aliphatic hydroxyl groups is 1. The third-order valence-corrected chi connectivity index (χ3v) is 3.35. The van der Waals surface area contributed by atoms with Gasteiger partial charge in [-0.1, -0.05) is 0 Å². The van der Waals surface area contributed by atoms with E-state index in [-0.39, 0.29) is 18.3 Å². The summed E-state index contributed by atoms with van der Waals surface area (Å²) in [6.07, 6.45) is -4.40. The Balaban J connectivity index is 2.48. The number of hydrogen-bond acceptors (Lipinski definition) is 7. The zero-order valence-electron chi connectivity index (χ0n) is 10.2. The minimum Gasteiger partial charge on any atom is -0.395 e. The highest BCUT2D eigenvalue weighted by Gasteiger charge is 2.32. The number of nitrogens with zero attached hydrogens (tertiary/aromatic N) is 3. The molecule has 2 heterocycles. The van der Waals surface area contributed by atoms with E-state index in [0.29, 0.717) is 10.2 Å². The lowest BCUT2D eigenvalue weighted by atomic mass is 10.4. The third kappa shape index (κ3) is 3.26. The lowest BCUT2D eigenvalue weighted by Crippen LogP contribution is -2.37. The summed E-state index contributed by atoms with van der Waals surface area (Å²) in [6.45, 7) is -1.81. The van der Waals surface area contributed by atoms with Gasteiger partial charge in [-0.15, -0.1) is 11.3 Å². The Labute approximate surface area is 116 Å². The molecule has 0 bridgehead atoms. The van der Waals surface area contributed by atoms with E-state index in [9.17, 15) is 13.2 Å². The standard InChI is InChI=1S/C10H12F3N5OS/c11-10(12,13)5-18(2-3-19)8-7-6(1-4-20-7)15-9(16-8)17-14/h1,4,19H,2-3,5,14H2,(H,15,16,17). The zero-order valence-corrected chi connectivity index (χ0v) is 11.0. The summed E-state index contributed by atoms with van der Waals surface area (Å²) < 4.78 is 38.4. The van der Waals surface area contributed by atoms with Crippen LogP contribution in [0.25, 0.3) is 10.2 Å². The maximum atomic E-state index is 12.6. The minimum atomic E-state index is -4.40. The van der Waals surface area contributed by atoms with Crippen molar-refractivity contribution in [2.24, 2.45) is 5.84 Å². The van der Waals surface area contributed by atoms with Gasteiger partial charge in [0.05, 0.1) is 16.8 Å². The monoisotopic (exact) mass is 307 g/mol. The molecule has 0 fully saturated rings. The van der Waals surface area contributed by atoms with Crippen molar-refractivity contribution >= 4 is 33.3 Å². The number of hydrogen-bond donors (Lipinski definition) is 3. The highest BCUT2D eigenvalue weighted by molar-refractivity contribution is 7.17. The maximum absolute atomic E-state index is 12.6. The van der Waals surface area contributed by atoms with Crippen molar-refractivity contribution in [1.82, 2.24) is 9.97 Å². The van der Waals surface area contributed by atoms with Crippen molar-refractivity contribution in [1.29, 1.82) is 0 Å². The molecule has 2 aromatic heterocycles. The van der Waals surface area contributed by atoms with E-state index in [1.54, 1.807) is 11.4 Å². The van der Waals surface area contributed by atoms with E-state index in [2.05, 4.69) is 15.4 Å². The Hall–Kier alpha value is -1.65. The molecule has 2 aromatic rings. The average molecular weight is 307 g/mol. The SMILES string of the molecule is NNc1nc(N(CCO)CC(F)(F)F)c2sccc2n1. The second-order valence-corrected chi connectivity index (χ2v) is 4.83. The number of nitrogen functional groups attached to an aromatic ring is 1. The molecule has 110 valence electrons. The van der Waals surface area contributed by atoms with Gasteiger partial charge < -0.3 is 10.0 Å². The van der Waals surface area contributed by atoms with Crippen molar-refractivity contribution in [2.45, 2.75) is 6.18 Å². The Kier molecular flexibility index (Phi) is 4.26. The molecule has 0 spiro atoms. The van der Waals surface area contributed by atoms with Crippen molar-refractivity contribution < 1.29 is 18.3 Å². The molecule has 10 heteroatoms. The molecule has 2 rings (SSSR count). The first kappa shape index (κ1) is 14.8. The number of rotatable bonds is 5. The zero-order chi connectivity index (χ0) is 14.8. The van der Waals surface area contributed by atoms with Gasteiger partial charge in [-0.2, -0.15) is 18.2 Å². The van der Waals surface area contributed by atoms with Crippen LogP contribution in [0.15, 0.2) is 11.4 Å². The van der Waals surface area contributed by atoms with Gasteiger partial charge in [0, 0.05) is 6.54 Å². The summed E-state index contributed by atoms with van der Waals surface area (Å²) in [4.78, 5) is 8.98. The van der Waals surface area contributed by atoms with Crippen LogP contribution in [0.4, 0.5) is 24.9 Å². The van der Waals surface area contributed by atoms with Crippen LogP contribution < -0.4 is 16.2 Å². The van der Waals surface area contributed by atoms with Gasteiger partial charge in [0.25, 0.3) is 0 Å². The van der Waals surface area contributed by atoms with E-state index in [4.69, 9.17) is 10.9 Å². The molecule has 0 saturated heterocycles. The Morgan fingerprint density at radius 3 is 2.75 bits per heavy atom. The van der Waals surface area contributed by atoms with Crippen LogP contribution in [0.1, 0.15) is 0 Å². The summed E-state index contributed by atoms with van der Waals surface area (Å²) in [7, 11) is 0. The molecular weight excluding hydrogens is 295 g/mol. The number of alkyl halides is 3. The summed E-state index contributed by atoms with van der Waals surface area (Å²) in [5.74, 6) is 5.34. The molecule has 0 atom stereocenters. The summed E-state index contributed by atoms with van der Waals surface area (Å²) in [5.41, 5.74) is 2.72. The first-order valence-corrected chi connectivity index (χ1v) is 6.47. The molecular formula is C10H12F3N5OS. The summed E-state index contributed by atoms with van der Waals surface area (Å²) in [5, 5.41) is 10.7. The van der Waals surface area contributed by atoms with Gasteiger partial charge in [-0.3, -0.25) is 5.43 Å². The first-order chi connectivity index (χ1) is 9.44. The normalized spacial score (nSPS) is 11.8. The molecule has 6 nitrogen and oxygen atoms in total. The summed E-state index contributed by atoms with van der Waals surface area (Å²) in [6, 6.07) is 1.66. The smallest absolute Gasteiger partial charge is 0.395 e. The first-order valence-electron chi connectivity index (χ1n) is 5.59. The van der Waals surface area contributed by atoms with E-state index in [1.165, 1.54) is 11.3 Å². The quantitative estimate of drug-likeness (QED) is 0.571. The van der Waals surface area contributed by atoms with Gasteiger partial charge in [0.2, 0.25) is 5.95 Å². The van der Waals surface area contributed by atoms with Crippen LogP contribution in [0.5, 0.6) is 0 Å². The van der Waals surface area contributed by atoms with Crippen molar-refractivity contribution in [2.75, 3.05) is 30.0 Å². The number of nitrogens with two attached hydrogens (primary N) is 1. The number of aromatic nitrogens is 2. The number of nitrogens with one attached hydrogen (secondary N) is 1. The maximum Gasteiger partial charge on any atom is 0.405 e. The van der Waals surface area contributed by atoms with Crippen LogP contribution in [-0.4, -0.2) is 40.9 Å². The molecule has 0 unspecified atom stereocenters. The number of hydrazine groups is 1. The molecule has 20 heavy (non-hydrogen) atoms. The van der Waals surface area contributed by atoms with Gasteiger partial charge in [0.15, 0.2) is 5.82 Å². The molecule has 0 aliphatic heterocycles. The molecule has 0 amide bonds. The van der Waals surface area contributed by atoms with Gasteiger partial charge in [-0.25, -0.2) is 10.8 Å². The van der Waals surface area contributed by atoms with Crippen LogP contribution in [0.3, 0.4) is 0 Å². The lowest BCUT2D eigenvalue weighted by molar-refractivity contribution is -0.119. The fourth-order valence-corrected chi connectivity index (χ4v) is 2.57. The van der Waals surface area contributed by atoms with Gasteiger partial charge in [0.1, 0.15) is 6.54 Å². The number of aliphatic hydroxyl groups excluding tert-OH is 1. The largest absolute Gasteiger partial charge is 0.405 e. The van der Waals surface area contributed by atoms with Crippen LogP contribution in [0, 0.1) is 0 Å². The fourth-order valence-electron chi connectivity index (χ4n) is 1.72. The fraction of sp³-hybridized carbons (Fsp3) is 0.400. The number of fused-ring (bicyclic) bond motifs is 1. The van der Waals surface area contributed by atoms with Gasteiger partial charge >= 0.3 is 6.18 Å².